The lowest BCUT2D eigenvalue weighted by Gasteiger charge is -2.37. The highest BCUT2D eigenvalue weighted by Gasteiger charge is 2.44. The number of hydrogen-bond donors (Lipinski definition) is 1. The van der Waals surface area contributed by atoms with E-state index >= 15 is 0 Å². The average Bonchev–Trinajstić information content (AvgIpc) is 3.50. The van der Waals surface area contributed by atoms with Crippen LogP contribution in [-0.4, -0.2) is 42.6 Å². The van der Waals surface area contributed by atoms with Crippen LogP contribution in [0.3, 0.4) is 0 Å². The highest BCUT2D eigenvalue weighted by molar-refractivity contribution is 7.91. The Morgan fingerprint density at radius 2 is 1.98 bits per heavy atom. The predicted molar refractivity (Wildman–Crippen MR) is 166 cm³/mol. The summed E-state index contributed by atoms with van der Waals surface area (Å²) in [4.78, 5) is 8.93. The lowest BCUT2D eigenvalue weighted by molar-refractivity contribution is -0.107. The van der Waals surface area contributed by atoms with Crippen molar-refractivity contribution in [3.8, 4) is 5.75 Å². The van der Waals surface area contributed by atoms with Crippen molar-refractivity contribution in [3.63, 3.8) is 0 Å². The summed E-state index contributed by atoms with van der Waals surface area (Å²) in [5, 5.41) is 4.48. The number of sulfone groups is 1. The first-order chi connectivity index (χ1) is 20.7. The number of fused-ring (bicyclic) bond motifs is 1. The Morgan fingerprint density at radius 3 is 2.70 bits per heavy atom. The van der Waals surface area contributed by atoms with Crippen LogP contribution < -0.4 is 10.1 Å². The second kappa shape index (κ2) is 13.3. The molecule has 4 aromatic rings. The second-order valence-electron chi connectivity index (χ2n) is 10.2. The summed E-state index contributed by atoms with van der Waals surface area (Å²) in [6, 6.07) is 17.4. The van der Waals surface area contributed by atoms with E-state index in [1.807, 2.05) is 37.3 Å². The van der Waals surface area contributed by atoms with Gasteiger partial charge in [0.25, 0.3) is 0 Å². The van der Waals surface area contributed by atoms with Gasteiger partial charge in [-0.25, -0.2) is 22.8 Å². The number of anilines is 2. The summed E-state index contributed by atoms with van der Waals surface area (Å²) in [5.41, 5.74) is 2.16. The monoisotopic (exact) mass is 625 g/mol. The molecule has 2 unspecified atom stereocenters. The molecule has 0 amide bonds. The van der Waals surface area contributed by atoms with E-state index in [2.05, 4.69) is 15.3 Å². The Kier molecular flexibility index (Phi) is 9.49. The first-order valence-electron chi connectivity index (χ1n) is 14.1. The molecule has 0 saturated heterocycles. The molecule has 1 aliphatic heterocycles. The number of ether oxygens (including phenoxy) is 3. The zero-order valence-electron chi connectivity index (χ0n) is 23.9. The van der Waals surface area contributed by atoms with Gasteiger partial charge in [0.15, 0.2) is 15.4 Å². The fourth-order valence-electron chi connectivity index (χ4n) is 5.10. The first kappa shape index (κ1) is 30.7. The summed E-state index contributed by atoms with van der Waals surface area (Å²) < 4.78 is 55.8. The van der Waals surface area contributed by atoms with Crippen LogP contribution in [0.4, 0.5) is 15.9 Å². The lowest BCUT2D eigenvalue weighted by atomic mass is 9.83. The van der Waals surface area contributed by atoms with Crippen molar-refractivity contribution in [1.82, 2.24) is 9.97 Å². The topological polar surface area (TPSA) is 99.6 Å². The molecular formula is C32H33ClFN3O5S. The van der Waals surface area contributed by atoms with Crippen LogP contribution in [-0.2, 0) is 31.5 Å². The smallest absolute Gasteiger partial charge is 0.162 e. The van der Waals surface area contributed by atoms with Crippen LogP contribution in [0.2, 0.25) is 5.02 Å². The molecule has 0 spiro atoms. The summed E-state index contributed by atoms with van der Waals surface area (Å²) in [7, 11) is -3.16. The number of benzene rings is 3. The number of nitrogens with zero attached hydrogens (tertiary/aromatic N) is 2. The van der Waals surface area contributed by atoms with Gasteiger partial charge < -0.3 is 19.5 Å². The molecule has 0 fully saturated rings. The summed E-state index contributed by atoms with van der Waals surface area (Å²) in [5.74, 6) is 0.748. The second-order valence-corrected chi connectivity index (χ2v) is 13.1. The molecular weight excluding hydrogens is 593 g/mol. The molecule has 0 radical (unpaired) electrons. The van der Waals surface area contributed by atoms with Crippen molar-refractivity contribution in [1.29, 1.82) is 0 Å². The van der Waals surface area contributed by atoms with Crippen molar-refractivity contribution < 1.29 is 27.0 Å². The highest BCUT2D eigenvalue weighted by Crippen LogP contribution is 2.42. The molecule has 0 bridgehead atoms. The largest absolute Gasteiger partial charge is 0.487 e. The minimum absolute atomic E-state index is 0.0413. The normalized spacial score (nSPS) is 17.1. The number of aromatic nitrogens is 2. The fourth-order valence-corrected chi connectivity index (χ4v) is 5.98. The first-order valence-corrected chi connectivity index (χ1v) is 16.3. The lowest BCUT2D eigenvalue weighted by Crippen LogP contribution is -2.41. The van der Waals surface area contributed by atoms with E-state index in [1.165, 1.54) is 18.5 Å². The number of halogens is 2. The maximum absolute atomic E-state index is 13.5. The maximum Gasteiger partial charge on any atom is 0.162 e. The van der Waals surface area contributed by atoms with Crippen molar-refractivity contribution in [3.05, 3.63) is 101 Å². The van der Waals surface area contributed by atoms with Crippen LogP contribution >= 0.6 is 11.6 Å². The van der Waals surface area contributed by atoms with Gasteiger partial charge in [-0.2, -0.15) is 0 Å². The number of hydrogen-bond acceptors (Lipinski definition) is 8. The van der Waals surface area contributed by atoms with Crippen LogP contribution in [0.5, 0.6) is 5.75 Å². The van der Waals surface area contributed by atoms with Gasteiger partial charge in [0.2, 0.25) is 0 Å². The highest BCUT2D eigenvalue weighted by atomic mass is 35.5. The van der Waals surface area contributed by atoms with Crippen LogP contribution in [0.1, 0.15) is 37.8 Å². The van der Waals surface area contributed by atoms with Gasteiger partial charge in [0, 0.05) is 23.2 Å². The van der Waals surface area contributed by atoms with Crippen molar-refractivity contribution in [2.75, 3.05) is 23.4 Å². The van der Waals surface area contributed by atoms with Crippen LogP contribution in [0, 0.1) is 5.82 Å². The molecule has 1 N–H and O–H groups in total. The average molecular weight is 626 g/mol. The molecule has 0 aliphatic carbocycles. The minimum Gasteiger partial charge on any atom is -0.487 e. The number of nitrogens with one attached hydrogen (secondary N) is 1. The van der Waals surface area contributed by atoms with Gasteiger partial charge in [0.1, 0.15) is 36.4 Å². The van der Waals surface area contributed by atoms with E-state index in [0.29, 0.717) is 40.7 Å². The van der Waals surface area contributed by atoms with E-state index in [1.54, 1.807) is 37.5 Å². The molecule has 43 heavy (non-hydrogen) atoms. The predicted octanol–water partition coefficient (Wildman–Crippen LogP) is 7.10. The molecule has 2 heterocycles. The van der Waals surface area contributed by atoms with Crippen molar-refractivity contribution in [2.24, 2.45) is 0 Å². The fraction of sp³-hybridized carbons (Fsp3) is 0.312. The molecule has 5 rings (SSSR count). The Bertz CT molecular complexity index is 1730. The van der Waals surface area contributed by atoms with E-state index in [9.17, 15) is 12.8 Å². The Morgan fingerprint density at radius 1 is 1.12 bits per heavy atom. The molecule has 3 aromatic carbocycles. The van der Waals surface area contributed by atoms with E-state index < -0.39 is 15.4 Å². The van der Waals surface area contributed by atoms with Crippen molar-refractivity contribution >= 4 is 43.8 Å². The third-order valence-electron chi connectivity index (χ3n) is 7.44. The summed E-state index contributed by atoms with van der Waals surface area (Å²) in [6.07, 6.45) is 5.90. The molecule has 2 atom stereocenters. The minimum atomic E-state index is -3.16. The molecule has 0 saturated carbocycles. The van der Waals surface area contributed by atoms with Crippen LogP contribution in [0.25, 0.3) is 10.9 Å². The van der Waals surface area contributed by atoms with E-state index in [0.717, 1.165) is 16.5 Å². The standard InChI is InChI=1S/C32H33ClFN3O5S/c1-3-30(40-15-16-43(38,39)4-2)32(13-6-14-42-32)23-9-11-28-26(18-23)31(36-21-35-28)37-25-10-12-29(27(33)19-25)41-20-22-7-5-8-24(34)17-22/h5-12,14,17-19,21,30H,3-4,13,15-16,20H2,1-2H3,(H,35,36,37). The quantitative estimate of drug-likeness (QED) is 0.168. The van der Waals surface area contributed by atoms with Crippen LogP contribution in [0.15, 0.2) is 79.3 Å². The molecule has 1 aliphatic rings. The van der Waals surface area contributed by atoms with Gasteiger partial charge in [-0.1, -0.05) is 43.6 Å². The third kappa shape index (κ3) is 7.09. The molecule has 8 nitrogen and oxygen atoms in total. The Hall–Kier alpha value is -3.73. The molecule has 226 valence electrons. The maximum atomic E-state index is 13.5. The Balaban J connectivity index is 1.38. The molecule has 11 heteroatoms. The third-order valence-corrected chi connectivity index (χ3v) is 9.41. The van der Waals surface area contributed by atoms with Gasteiger partial charge >= 0.3 is 0 Å². The van der Waals surface area contributed by atoms with Gasteiger partial charge in [-0.3, -0.25) is 0 Å². The van der Waals surface area contributed by atoms with E-state index in [-0.39, 0.29) is 36.6 Å². The Labute approximate surface area is 255 Å². The van der Waals surface area contributed by atoms with Gasteiger partial charge in [-0.15, -0.1) is 0 Å². The summed E-state index contributed by atoms with van der Waals surface area (Å²) >= 11 is 6.52. The summed E-state index contributed by atoms with van der Waals surface area (Å²) in [6.45, 7) is 3.90. The van der Waals surface area contributed by atoms with E-state index in [4.69, 9.17) is 25.8 Å². The SMILES string of the molecule is CCC(OCCS(=O)(=O)CC)C1(c2ccc3ncnc(Nc4ccc(OCc5cccc(F)c5)c(Cl)c4)c3c2)CC=CO1. The van der Waals surface area contributed by atoms with Crippen molar-refractivity contribution in [2.45, 2.75) is 45.0 Å². The molecule has 1 aromatic heterocycles. The zero-order chi connectivity index (χ0) is 30.5. The van der Waals surface area contributed by atoms with Gasteiger partial charge in [-0.05, 0) is 66.1 Å². The number of rotatable bonds is 13. The van der Waals surface area contributed by atoms with Gasteiger partial charge in [0.05, 0.1) is 29.2 Å². The zero-order valence-corrected chi connectivity index (χ0v) is 25.5.